The van der Waals surface area contributed by atoms with E-state index in [0.29, 0.717) is 0 Å². The van der Waals surface area contributed by atoms with Gasteiger partial charge in [-0.1, -0.05) is 53.0 Å². The quantitative estimate of drug-likeness (QED) is 0.645. The van der Waals surface area contributed by atoms with Gasteiger partial charge in [0.25, 0.3) is 0 Å². The smallest absolute Gasteiger partial charge is 0.442 e. The zero-order chi connectivity index (χ0) is 16.3. The van der Waals surface area contributed by atoms with E-state index in [1.165, 1.54) is 24.3 Å². The first-order valence-electron chi connectivity index (χ1n) is 5.08. The minimum Gasteiger partial charge on any atom is -0.443 e. The molecular weight excluding hydrogens is 410 g/mol. The van der Waals surface area contributed by atoms with E-state index in [4.69, 9.17) is 58.0 Å². The maximum atomic E-state index is 13.8. The summed E-state index contributed by atoms with van der Waals surface area (Å²) < 4.78 is 28.7. The molecule has 0 aliphatic heterocycles. The van der Waals surface area contributed by atoms with Gasteiger partial charge in [-0.2, -0.15) is 4.39 Å². The molecule has 0 N–H and O–H groups in total. The van der Waals surface area contributed by atoms with Crippen molar-refractivity contribution in [1.29, 1.82) is 0 Å². The van der Waals surface area contributed by atoms with Gasteiger partial charge >= 0.3 is 10.0 Å². The van der Waals surface area contributed by atoms with Gasteiger partial charge in [0.2, 0.25) is 3.79 Å². The second-order valence-electron chi connectivity index (χ2n) is 3.55. The Kier molecular flexibility index (Phi) is 6.41. The summed E-state index contributed by atoms with van der Waals surface area (Å²) in [5.41, 5.74) is 0. The second kappa shape index (κ2) is 7.06. The Labute approximate surface area is 145 Å². The van der Waals surface area contributed by atoms with Crippen LogP contribution in [0.3, 0.4) is 0 Å². The molecule has 0 fully saturated rings. The highest BCUT2D eigenvalue weighted by Gasteiger charge is 2.40. The number of alkyl halides is 6. The average molecular weight is 418 g/mol. The summed E-state index contributed by atoms with van der Waals surface area (Å²) in [6.07, 6.45) is -1.43. The van der Waals surface area contributed by atoms with Crippen LogP contribution in [-0.4, -0.2) is 24.6 Å². The summed E-state index contributed by atoms with van der Waals surface area (Å²) >= 11 is 26.6. The van der Waals surface area contributed by atoms with Crippen LogP contribution in [0.25, 0.3) is 0 Å². The van der Waals surface area contributed by atoms with Crippen LogP contribution < -0.4 is 0 Å². The fourth-order valence-electron chi connectivity index (χ4n) is 1.12. The summed E-state index contributed by atoms with van der Waals surface area (Å²) in [6.45, 7) is -0.672. The number of nitrogens with zero attached hydrogens (tertiary/aromatic N) is 1. The van der Waals surface area contributed by atoms with Gasteiger partial charge in [-0.25, -0.2) is 9.00 Å². The number of amides is 1. The number of benzene rings is 1. The lowest BCUT2D eigenvalue weighted by Crippen LogP contribution is -2.23. The fourth-order valence-corrected chi connectivity index (χ4v) is 3.29. The number of hydrogen-bond donors (Lipinski definition) is 0. The molecule has 1 amide bonds. The molecule has 0 aliphatic rings. The largest absolute Gasteiger partial charge is 0.443 e. The van der Waals surface area contributed by atoms with E-state index < -0.39 is 30.1 Å². The molecule has 1 aromatic carbocycles. The molecule has 1 aromatic rings. The van der Waals surface area contributed by atoms with E-state index in [0.717, 1.165) is 0 Å². The number of hydrogen-bond acceptors (Lipinski definition) is 3. The Morgan fingerprint density at radius 1 is 1.19 bits per heavy atom. The predicted octanol–water partition coefficient (Wildman–Crippen LogP) is 5.08. The predicted molar refractivity (Wildman–Crippen MR) is 82.5 cm³/mol. The third kappa shape index (κ3) is 5.62. The molecule has 0 bridgehead atoms. The Balaban J connectivity index is 3.19. The lowest BCUT2D eigenvalue weighted by Gasteiger charge is -2.16. The zero-order valence-corrected chi connectivity index (χ0v) is 14.5. The van der Waals surface area contributed by atoms with Crippen molar-refractivity contribution in [3.05, 3.63) is 30.3 Å². The van der Waals surface area contributed by atoms with Gasteiger partial charge in [-0.15, -0.1) is 4.36 Å². The first-order valence-corrected chi connectivity index (χ1v) is 8.48. The Hall–Kier alpha value is 0.0200. The van der Waals surface area contributed by atoms with Crippen LogP contribution in [0.5, 0.6) is 0 Å². The van der Waals surface area contributed by atoms with E-state index in [9.17, 15) is 13.4 Å². The number of carbonyl (C=O) groups is 1. The first-order chi connectivity index (χ1) is 9.46. The molecule has 1 atom stereocenters. The molecule has 0 radical (unpaired) electrons. The number of rotatable bonds is 3. The molecule has 118 valence electrons. The molecule has 0 aromatic heterocycles. The number of carbonyl (C=O) groups excluding carboxylic acids is 1. The van der Waals surface area contributed by atoms with Crippen LogP contribution in [0.1, 0.15) is 0 Å². The molecule has 0 heterocycles. The maximum Gasteiger partial charge on any atom is 0.442 e. The van der Waals surface area contributed by atoms with E-state index in [1.54, 1.807) is 6.07 Å². The summed E-state index contributed by atoms with van der Waals surface area (Å²) in [6, 6.07) is 6.94. The fraction of sp³-hybridized carbons (Fsp3) is 0.300. The topological polar surface area (TPSA) is 55.7 Å². The average Bonchev–Trinajstić information content (AvgIpc) is 2.35. The van der Waals surface area contributed by atoms with E-state index >= 15 is 0 Å². The van der Waals surface area contributed by atoms with E-state index in [1.807, 2.05) is 0 Å². The Morgan fingerprint density at radius 3 is 2.14 bits per heavy atom. The van der Waals surface area contributed by atoms with Crippen molar-refractivity contribution in [2.24, 2.45) is 4.36 Å². The number of ether oxygens (including phenoxy) is 1. The van der Waals surface area contributed by atoms with Gasteiger partial charge in [-0.05, 0) is 35.3 Å². The highest BCUT2D eigenvalue weighted by atomic mass is 35.6. The Morgan fingerprint density at radius 2 is 1.71 bits per heavy atom. The van der Waals surface area contributed by atoms with Crippen molar-refractivity contribution in [1.82, 2.24) is 0 Å². The third-order valence-electron chi connectivity index (χ3n) is 1.94. The maximum absolute atomic E-state index is 13.8. The molecule has 1 rings (SSSR count). The second-order valence-corrected chi connectivity index (χ2v) is 10.0. The van der Waals surface area contributed by atoms with Crippen LogP contribution in [0, 0.1) is 0 Å². The molecular formula is C10H7Cl5FNO3S. The molecule has 0 saturated heterocycles. The van der Waals surface area contributed by atoms with Gasteiger partial charge in [0, 0.05) is 0 Å². The molecule has 11 heteroatoms. The Bertz CT molecular complexity index is 620. The van der Waals surface area contributed by atoms with Crippen LogP contribution >= 0.6 is 58.0 Å². The van der Waals surface area contributed by atoms with Gasteiger partial charge < -0.3 is 4.74 Å². The van der Waals surface area contributed by atoms with Crippen LogP contribution in [0.15, 0.2) is 39.6 Å². The number of halogens is 6. The van der Waals surface area contributed by atoms with Crippen LogP contribution in [0.4, 0.5) is 9.18 Å². The molecule has 0 aliphatic carbocycles. The van der Waals surface area contributed by atoms with Crippen molar-refractivity contribution in [3.8, 4) is 0 Å². The minimum absolute atomic E-state index is 0.191. The highest BCUT2D eigenvalue weighted by Crippen LogP contribution is 2.37. The SMILES string of the molecule is O=C(N=S(=O)(c1ccccc1)C(F)(Cl)Cl)OCC(Cl)(Cl)Cl. The summed E-state index contributed by atoms with van der Waals surface area (Å²) in [5, 5.41) is 0. The summed E-state index contributed by atoms with van der Waals surface area (Å²) in [5.74, 6) is 0. The standard InChI is InChI=1S/C10H7Cl5FNO3S/c11-9(12,13)6-20-8(18)17-21(19,10(14,15)16)7-4-2-1-3-5-7/h1-5H,6H2. The van der Waals surface area contributed by atoms with Crippen LogP contribution in [0.2, 0.25) is 0 Å². The van der Waals surface area contributed by atoms with E-state index in [2.05, 4.69) is 9.10 Å². The lowest BCUT2D eigenvalue weighted by molar-refractivity contribution is 0.160. The molecule has 0 saturated carbocycles. The van der Waals surface area contributed by atoms with Gasteiger partial charge in [0.15, 0.2) is 9.73 Å². The van der Waals surface area contributed by atoms with Crippen molar-refractivity contribution in [3.63, 3.8) is 0 Å². The summed E-state index contributed by atoms with van der Waals surface area (Å²) in [7, 11) is -4.17. The lowest BCUT2D eigenvalue weighted by atomic mass is 10.4. The van der Waals surface area contributed by atoms with Gasteiger partial charge in [0.1, 0.15) is 6.61 Å². The van der Waals surface area contributed by atoms with Crippen molar-refractivity contribution >= 4 is 73.8 Å². The summed E-state index contributed by atoms with van der Waals surface area (Å²) in [4.78, 5) is 11.3. The third-order valence-corrected chi connectivity index (χ3v) is 5.47. The van der Waals surface area contributed by atoms with E-state index in [-0.39, 0.29) is 4.90 Å². The van der Waals surface area contributed by atoms with Crippen molar-refractivity contribution in [2.45, 2.75) is 12.6 Å². The minimum atomic E-state index is -4.17. The molecule has 0 spiro atoms. The van der Waals surface area contributed by atoms with Crippen LogP contribution in [-0.2, 0) is 14.5 Å². The van der Waals surface area contributed by atoms with Crippen molar-refractivity contribution in [2.75, 3.05) is 6.61 Å². The highest BCUT2D eigenvalue weighted by molar-refractivity contribution is 7.97. The normalized spacial score (nSPS) is 15.1. The zero-order valence-electron chi connectivity index (χ0n) is 9.94. The molecule has 4 nitrogen and oxygen atoms in total. The van der Waals surface area contributed by atoms with Gasteiger partial charge in [0.05, 0.1) is 4.90 Å². The monoisotopic (exact) mass is 415 g/mol. The molecule has 1 unspecified atom stereocenters. The van der Waals surface area contributed by atoms with Crippen molar-refractivity contribution < 1.29 is 18.1 Å². The molecule has 21 heavy (non-hydrogen) atoms. The van der Waals surface area contributed by atoms with Gasteiger partial charge in [-0.3, -0.25) is 0 Å². The first kappa shape index (κ1) is 19.1.